The number of fused-ring (bicyclic) bond motifs is 1. The monoisotopic (exact) mass is 401 g/mol. The van der Waals surface area contributed by atoms with Gasteiger partial charge in [-0.1, -0.05) is 0 Å². The first-order valence-electron chi connectivity index (χ1n) is 10.3. The first-order chi connectivity index (χ1) is 14.0. The Morgan fingerprint density at radius 2 is 2.03 bits per heavy atom. The molecule has 4 amide bonds. The minimum atomic E-state index is -0.232. The molecule has 4 rings (SSSR count). The van der Waals surface area contributed by atoms with Crippen LogP contribution >= 0.6 is 0 Å². The van der Waals surface area contributed by atoms with Crippen molar-refractivity contribution in [3.05, 3.63) is 35.3 Å². The van der Waals surface area contributed by atoms with Crippen LogP contribution in [0, 0.1) is 12.7 Å². The smallest absolute Gasteiger partial charge is 0.318 e. The zero-order chi connectivity index (χ0) is 20.5. The molecule has 7 nitrogen and oxygen atoms in total. The Morgan fingerprint density at radius 1 is 1.24 bits per heavy atom. The molecule has 8 heteroatoms. The molecule has 0 bridgehead atoms. The molecule has 1 aliphatic heterocycles. The number of carbonyl (C=O) groups excluding carboxylic acids is 2. The number of halogens is 1. The van der Waals surface area contributed by atoms with Crippen LogP contribution in [0.3, 0.4) is 0 Å². The van der Waals surface area contributed by atoms with Crippen LogP contribution in [0.4, 0.5) is 14.0 Å². The molecular weight excluding hydrogens is 373 g/mol. The molecule has 2 aromatic rings. The van der Waals surface area contributed by atoms with Crippen LogP contribution in [-0.2, 0) is 6.54 Å². The van der Waals surface area contributed by atoms with Gasteiger partial charge in [0.2, 0.25) is 0 Å². The molecular formula is C21H28FN5O2. The maximum atomic E-state index is 13.8. The Bertz CT molecular complexity index is 884. The van der Waals surface area contributed by atoms with E-state index in [4.69, 9.17) is 0 Å². The predicted octanol–water partition coefficient (Wildman–Crippen LogP) is 3.09. The lowest BCUT2D eigenvalue weighted by Crippen LogP contribution is -2.56. The number of aromatic nitrogens is 1. The summed E-state index contributed by atoms with van der Waals surface area (Å²) in [5, 5.41) is 6.48. The molecule has 1 aromatic heterocycles. The summed E-state index contributed by atoms with van der Waals surface area (Å²) < 4.78 is 13.8. The topological polar surface area (TPSA) is 80.5 Å². The second kappa shape index (κ2) is 7.93. The first-order valence-corrected chi connectivity index (χ1v) is 10.3. The van der Waals surface area contributed by atoms with E-state index >= 15 is 0 Å². The highest BCUT2D eigenvalue weighted by Gasteiger charge is 2.39. The summed E-state index contributed by atoms with van der Waals surface area (Å²) in [6.45, 7) is 3.37. The Kier molecular flexibility index (Phi) is 5.34. The average Bonchev–Trinajstić information content (AvgIpc) is 3.47. The molecule has 2 aliphatic rings. The van der Waals surface area contributed by atoms with Gasteiger partial charge in [-0.15, -0.1) is 0 Å². The number of hydrogen-bond acceptors (Lipinski definition) is 2. The van der Waals surface area contributed by atoms with Crippen LogP contribution in [0.1, 0.15) is 36.9 Å². The van der Waals surface area contributed by atoms with Crippen molar-refractivity contribution >= 4 is 23.0 Å². The number of urea groups is 2. The van der Waals surface area contributed by atoms with Crippen molar-refractivity contribution in [1.82, 2.24) is 25.4 Å². The largest absolute Gasteiger partial charge is 0.357 e. The van der Waals surface area contributed by atoms with E-state index in [0.29, 0.717) is 18.7 Å². The van der Waals surface area contributed by atoms with Crippen LogP contribution in [0.5, 0.6) is 0 Å². The fourth-order valence-corrected chi connectivity index (χ4v) is 4.19. The van der Waals surface area contributed by atoms with Gasteiger partial charge in [-0.2, -0.15) is 0 Å². The molecule has 3 N–H and O–H groups in total. The van der Waals surface area contributed by atoms with Crippen molar-refractivity contribution in [2.45, 2.75) is 51.2 Å². The molecule has 2 fully saturated rings. The Hall–Kier alpha value is -2.77. The molecule has 1 aliphatic carbocycles. The van der Waals surface area contributed by atoms with Crippen molar-refractivity contribution < 1.29 is 14.0 Å². The molecule has 1 saturated carbocycles. The fraction of sp³-hybridized carbons (Fsp3) is 0.524. The van der Waals surface area contributed by atoms with Crippen LogP contribution in [0.15, 0.2) is 18.2 Å². The second-order valence-corrected chi connectivity index (χ2v) is 8.08. The number of piperidine rings is 1. The number of amides is 4. The highest BCUT2D eigenvalue weighted by atomic mass is 19.1. The molecule has 1 aromatic carbocycles. The van der Waals surface area contributed by atoms with Crippen LogP contribution < -0.4 is 10.6 Å². The van der Waals surface area contributed by atoms with Gasteiger partial charge >= 0.3 is 12.1 Å². The van der Waals surface area contributed by atoms with E-state index < -0.39 is 0 Å². The van der Waals surface area contributed by atoms with Gasteiger partial charge in [0.05, 0.1) is 12.6 Å². The van der Waals surface area contributed by atoms with Gasteiger partial charge in [0.1, 0.15) is 5.82 Å². The summed E-state index contributed by atoms with van der Waals surface area (Å²) in [5.74, 6) is -0.232. The van der Waals surface area contributed by atoms with Crippen molar-refractivity contribution in [3.63, 3.8) is 0 Å². The van der Waals surface area contributed by atoms with Crippen molar-refractivity contribution in [3.8, 4) is 0 Å². The van der Waals surface area contributed by atoms with E-state index in [9.17, 15) is 14.0 Å². The summed E-state index contributed by atoms with van der Waals surface area (Å²) in [4.78, 5) is 32.0. The van der Waals surface area contributed by atoms with E-state index in [-0.39, 0.29) is 30.0 Å². The van der Waals surface area contributed by atoms with Gasteiger partial charge < -0.3 is 25.4 Å². The van der Waals surface area contributed by atoms with Crippen LogP contribution in [0.25, 0.3) is 10.9 Å². The number of nitrogens with zero attached hydrogens (tertiary/aromatic N) is 2. The minimum Gasteiger partial charge on any atom is -0.357 e. The lowest BCUT2D eigenvalue weighted by atomic mass is 10.0. The first kappa shape index (κ1) is 19.5. The molecule has 1 saturated heterocycles. The average molecular weight is 401 g/mol. The lowest BCUT2D eigenvalue weighted by Gasteiger charge is -2.39. The Labute approximate surface area is 169 Å². The van der Waals surface area contributed by atoms with E-state index in [1.54, 1.807) is 24.9 Å². The molecule has 2 heterocycles. The van der Waals surface area contributed by atoms with Crippen molar-refractivity contribution in [2.24, 2.45) is 0 Å². The van der Waals surface area contributed by atoms with E-state index in [1.807, 2.05) is 11.0 Å². The van der Waals surface area contributed by atoms with Crippen LogP contribution in [-0.4, -0.2) is 59.1 Å². The third kappa shape index (κ3) is 4.16. The highest BCUT2D eigenvalue weighted by molar-refractivity contribution is 5.81. The summed E-state index contributed by atoms with van der Waals surface area (Å²) in [5.41, 5.74) is 2.29. The Morgan fingerprint density at radius 3 is 2.76 bits per heavy atom. The van der Waals surface area contributed by atoms with Crippen molar-refractivity contribution in [1.29, 1.82) is 0 Å². The maximum absolute atomic E-state index is 13.8. The van der Waals surface area contributed by atoms with Gasteiger partial charge in [-0.3, -0.25) is 0 Å². The quantitative estimate of drug-likeness (QED) is 0.736. The number of benzene rings is 1. The molecule has 29 heavy (non-hydrogen) atoms. The Balaban J connectivity index is 1.42. The third-order valence-corrected chi connectivity index (χ3v) is 5.85. The standard InChI is InChI=1S/C21H28FN5O2/c1-13-8-19-14(10-18(13)22)9-15(25-19)11-24-21(29)27(16-5-6-16)17-4-3-7-26(12-17)20(28)23-2/h8-10,16-17,25H,3-7,11-12H2,1-2H3,(H,23,28)(H,24,29). The third-order valence-electron chi connectivity index (χ3n) is 5.85. The number of H-pyrrole nitrogens is 1. The number of rotatable bonds is 4. The number of hydrogen-bond donors (Lipinski definition) is 3. The summed E-state index contributed by atoms with van der Waals surface area (Å²) in [6, 6.07) is 5.26. The summed E-state index contributed by atoms with van der Waals surface area (Å²) in [6.07, 6.45) is 3.81. The molecule has 1 atom stereocenters. The van der Waals surface area contributed by atoms with E-state index in [0.717, 1.165) is 48.8 Å². The van der Waals surface area contributed by atoms with Gasteiger partial charge in [-0.25, -0.2) is 14.0 Å². The number of nitrogens with one attached hydrogen (secondary N) is 3. The second-order valence-electron chi connectivity index (χ2n) is 8.08. The number of carbonyl (C=O) groups is 2. The molecule has 156 valence electrons. The van der Waals surface area contributed by atoms with E-state index in [1.165, 1.54) is 6.07 Å². The van der Waals surface area contributed by atoms with E-state index in [2.05, 4.69) is 15.6 Å². The molecule has 0 spiro atoms. The summed E-state index contributed by atoms with van der Waals surface area (Å²) in [7, 11) is 1.63. The number of aryl methyl sites for hydroxylation is 1. The lowest BCUT2D eigenvalue weighted by molar-refractivity contribution is 0.116. The maximum Gasteiger partial charge on any atom is 0.318 e. The fourth-order valence-electron chi connectivity index (χ4n) is 4.19. The van der Waals surface area contributed by atoms with Gasteiger partial charge in [0.25, 0.3) is 0 Å². The number of likely N-dealkylation sites (tertiary alicyclic amines) is 1. The zero-order valence-corrected chi connectivity index (χ0v) is 16.9. The zero-order valence-electron chi connectivity index (χ0n) is 16.9. The molecule has 1 unspecified atom stereocenters. The van der Waals surface area contributed by atoms with Gasteiger partial charge in [0, 0.05) is 42.8 Å². The minimum absolute atomic E-state index is 0.0352. The predicted molar refractivity (Wildman–Crippen MR) is 109 cm³/mol. The van der Waals surface area contributed by atoms with Gasteiger partial charge in [-0.05, 0) is 56.4 Å². The molecule has 0 radical (unpaired) electrons. The SMILES string of the molecule is CNC(=O)N1CCCC(N(C(=O)NCc2cc3cc(F)c(C)cc3[nH]2)C2CC2)C1. The van der Waals surface area contributed by atoms with Gasteiger partial charge in [0.15, 0.2) is 0 Å². The number of aromatic amines is 1. The summed E-state index contributed by atoms with van der Waals surface area (Å²) >= 11 is 0. The normalized spacial score (nSPS) is 19.3. The van der Waals surface area contributed by atoms with Crippen molar-refractivity contribution in [2.75, 3.05) is 20.1 Å². The highest BCUT2D eigenvalue weighted by Crippen LogP contribution is 2.31. The van der Waals surface area contributed by atoms with Crippen LogP contribution in [0.2, 0.25) is 0 Å².